The molecule has 0 radical (unpaired) electrons. The topological polar surface area (TPSA) is 51.0 Å². The van der Waals surface area contributed by atoms with Crippen molar-refractivity contribution in [1.82, 2.24) is 14.5 Å². The molecular weight excluding hydrogens is 424 g/mol. The van der Waals surface area contributed by atoms with Crippen molar-refractivity contribution in [3.8, 4) is 0 Å². The molecule has 0 atom stereocenters. The number of benzene rings is 2. The number of hydrogen-bond donors (Lipinski definition) is 0. The van der Waals surface area contributed by atoms with E-state index in [1.165, 1.54) is 10.5 Å². The molecule has 7 heteroatoms. The zero-order valence-corrected chi connectivity index (χ0v) is 19.7. The molecule has 4 aromatic rings. The molecule has 0 saturated carbocycles. The van der Waals surface area contributed by atoms with Gasteiger partial charge < -0.3 is 4.57 Å². The summed E-state index contributed by atoms with van der Waals surface area (Å²) in [6.07, 6.45) is 8.79. The van der Waals surface area contributed by atoms with Crippen LogP contribution in [0.5, 0.6) is 0 Å². The summed E-state index contributed by atoms with van der Waals surface area (Å²) < 4.78 is 3.17. The number of fused-ring (bicyclic) bond motifs is 1. The van der Waals surface area contributed by atoms with Crippen LogP contribution >= 0.6 is 23.1 Å². The van der Waals surface area contributed by atoms with Gasteiger partial charge in [0.25, 0.3) is 0 Å². The molecule has 2 aromatic heterocycles. The maximum atomic E-state index is 13.4. The van der Waals surface area contributed by atoms with E-state index in [4.69, 9.17) is 4.98 Å². The van der Waals surface area contributed by atoms with Crippen molar-refractivity contribution < 1.29 is 4.79 Å². The lowest BCUT2D eigenvalue weighted by Crippen LogP contribution is -2.33. The zero-order valence-electron chi connectivity index (χ0n) is 18.0. The Morgan fingerprint density at radius 2 is 2.00 bits per heavy atom. The summed E-state index contributed by atoms with van der Waals surface area (Å²) in [7, 11) is 0. The Balaban J connectivity index is 1.58. The number of aromatic nitrogens is 3. The highest BCUT2D eigenvalue weighted by atomic mass is 32.2. The van der Waals surface area contributed by atoms with E-state index in [1.807, 2.05) is 34.1 Å². The first-order chi connectivity index (χ1) is 15.0. The molecule has 0 bridgehead atoms. The number of amides is 1. The summed E-state index contributed by atoms with van der Waals surface area (Å²) in [6, 6.07) is 12.5. The van der Waals surface area contributed by atoms with Gasteiger partial charge in [-0.25, -0.2) is 9.97 Å². The highest BCUT2D eigenvalue weighted by Crippen LogP contribution is 2.32. The summed E-state index contributed by atoms with van der Waals surface area (Å²) in [5.41, 5.74) is 4.38. The predicted octanol–water partition coefficient (Wildman–Crippen LogP) is 5.50. The summed E-state index contributed by atoms with van der Waals surface area (Å²) >= 11 is 3.30. The molecule has 4 rings (SSSR count). The van der Waals surface area contributed by atoms with E-state index in [-0.39, 0.29) is 5.91 Å². The summed E-state index contributed by atoms with van der Waals surface area (Å²) in [6.45, 7) is 5.61. The molecular formula is C24H26N4OS2. The molecule has 0 fully saturated rings. The minimum atomic E-state index is 0.0796. The zero-order chi connectivity index (χ0) is 21.8. The van der Waals surface area contributed by atoms with Crippen LogP contribution in [0.2, 0.25) is 0 Å². The van der Waals surface area contributed by atoms with E-state index in [0.29, 0.717) is 13.0 Å². The predicted molar refractivity (Wildman–Crippen MR) is 130 cm³/mol. The van der Waals surface area contributed by atoms with Crippen molar-refractivity contribution in [1.29, 1.82) is 0 Å². The van der Waals surface area contributed by atoms with Gasteiger partial charge in [0, 0.05) is 30.4 Å². The number of rotatable bonds is 8. The molecule has 0 saturated heterocycles. The minimum absolute atomic E-state index is 0.0796. The number of hydrogen-bond acceptors (Lipinski definition) is 5. The molecule has 0 unspecified atom stereocenters. The Bertz CT molecular complexity index is 1170. The van der Waals surface area contributed by atoms with Gasteiger partial charge in [0.15, 0.2) is 5.13 Å². The largest absolute Gasteiger partial charge is 0.337 e. The first kappa shape index (κ1) is 21.6. The van der Waals surface area contributed by atoms with Crippen LogP contribution in [0.4, 0.5) is 5.13 Å². The molecule has 0 aliphatic carbocycles. The molecule has 2 aromatic carbocycles. The molecule has 1 amide bonds. The van der Waals surface area contributed by atoms with Gasteiger partial charge in [-0.15, -0.1) is 11.8 Å². The molecule has 0 aliphatic rings. The number of aryl methyl sites for hydroxylation is 3. The second kappa shape index (κ2) is 9.66. The van der Waals surface area contributed by atoms with E-state index >= 15 is 0 Å². The third kappa shape index (κ3) is 5.17. The standard InChI is InChI=1S/C24H26N4OS2/c1-17-13-18(2)23-21(14-17)31-24(26-23)28(11-4-10-27-12-9-25-16-27)22(29)15-19-5-7-20(30-3)8-6-19/h5-9,12-14,16H,4,10-11,15H2,1-3H3. The van der Waals surface area contributed by atoms with Crippen LogP contribution in [0, 0.1) is 13.8 Å². The number of carbonyl (C=O) groups is 1. The Hall–Kier alpha value is -2.64. The highest BCUT2D eigenvalue weighted by molar-refractivity contribution is 7.98. The van der Waals surface area contributed by atoms with Crippen molar-refractivity contribution in [2.24, 2.45) is 0 Å². The van der Waals surface area contributed by atoms with Gasteiger partial charge in [0.2, 0.25) is 5.91 Å². The van der Waals surface area contributed by atoms with E-state index < -0.39 is 0 Å². The van der Waals surface area contributed by atoms with Crippen LogP contribution in [0.1, 0.15) is 23.1 Å². The third-order valence-corrected chi connectivity index (χ3v) is 6.99. The molecule has 0 aliphatic heterocycles. The lowest BCUT2D eigenvalue weighted by molar-refractivity contribution is -0.118. The number of imidazole rings is 1. The Labute approximate surface area is 191 Å². The normalized spacial score (nSPS) is 11.2. The number of thiazole rings is 1. The fraction of sp³-hybridized carbons (Fsp3) is 0.292. The van der Waals surface area contributed by atoms with E-state index in [2.05, 4.69) is 49.4 Å². The minimum Gasteiger partial charge on any atom is -0.337 e. The van der Waals surface area contributed by atoms with Crippen LogP contribution < -0.4 is 4.90 Å². The fourth-order valence-electron chi connectivity index (χ4n) is 3.65. The Kier molecular flexibility index (Phi) is 6.73. The van der Waals surface area contributed by atoms with Gasteiger partial charge in [-0.3, -0.25) is 9.69 Å². The van der Waals surface area contributed by atoms with Crippen LogP contribution in [0.25, 0.3) is 10.2 Å². The molecule has 0 spiro atoms. The fourth-order valence-corrected chi connectivity index (χ4v) is 5.24. The van der Waals surface area contributed by atoms with Gasteiger partial charge in [-0.05, 0) is 61.4 Å². The summed E-state index contributed by atoms with van der Waals surface area (Å²) in [4.78, 5) is 25.4. The number of anilines is 1. The van der Waals surface area contributed by atoms with Crippen LogP contribution in [0.15, 0.2) is 60.0 Å². The molecule has 160 valence electrons. The quantitative estimate of drug-likeness (QED) is 0.333. The van der Waals surface area contributed by atoms with Gasteiger partial charge in [-0.1, -0.05) is 29.5 Å². The van der Waals surface area contributed by atoms with Crippen molar-refractivity contribution >= 4 is 44.4 Å². The lowest BCUT2D eigenvalue weighted by atomic mass is 10.1. The smallest absolute Gasteiger partial charge is 0.233 e. The molecule has 31 heavy (non-hydrogen) atoms. The second-order valence-corrected chi connectivity index (χ2v) is 9.54. The number of thioether (sulfide) groups is 1. The van der Waals surface area contributed by atoms with Crippen molar-refractivity contribution in [2.45, 2.75) is 38.1 Å². The summed E-state index contributed by atoms with van der Waals surface area (Å²) in [5, 5.41) is 0.778. The van der Waals surface area contributed by atoms with E-state index in [1.54, 1.807) is 29.3 Å². The average Bonchev–Trinajstić information content (AvgIpc) is 3.41. The van der Waals surface area contributed by atoms with Crippen LogP contribution in [-0.4, -0.2) is 33.2 Å². The molecule has 2 heterocycles. The Morgan fingerprint density at radius 1 is 1.19 bits per heavy atom. The van der Waals surface area contributed by atoms with Gasteiger partial charge in [-0.2, -0.15) is 0 Å². The monoisotopic (exact) mass is 450 g/mol. The van der Waals surface area contributed by atoms with Crippen molar-refractivity contribution in [2.75, 3.05) is 17.7 Å². The first-order valence-corrected chi connectivity index (χ1v) is 12.3. The number of carbonyl (C=O) groups excluding carboxylic acids is 1. The maximum absolute atomic E-state index is 13.4. The third-order valence-electron chi connectivity index (χ3n) is 5.22. The SMILES string of the molecule is CSc1ccc(CC(=O)N(CCCn2ccnc2)c2nc3c(C)cc(C)cc3s2)cc1. The maximum Gasteiger partial charge on any atom is 0.233 e. The van der Waals surface area contributed by atoms with Gasteiger partial charge in [0.05, 0.1) is 23.0 Å². The van der Waals surface area contributed by atoms with Crippen molar-refractivity contribution in [3.63, 3.8) is 0 Å². The second-order valence-electron chi connectivity index (χ2n) is 7.65. The lowest BCUT2D eigenvalue weighted by Gasteiger charge is -2.20. The summed E-state index contributed by atoms with van der Waals surface area (Å²) in [5.74, 6) is 0.0796. The molecule has 5 nitrogen and oxygen atoms in total. The first-order valence-electron chi connectivity index (χ1n) is 10.3. The Morgan fingerprint density at radius 3 is 2.71 bits per heavy atom. The van der Waals surface area contributed by atoms with E-state index in [0.717, 1.165) is 39.4 Å². The average molecular weight is 451 g/mol. The molecule has 0 N–H and O–H groups in total. The highest BCUT2D eigenvalue weighted by Gasteiger charge is 2.20. The van der Waals surface area contributed by atoms with Gasteiger partial charge in [0.1, 0.15) is 0 Å². The van der Waals surface area contributed by atoms with Crippen molar-refractivity contribution in [3.05, 3.63) is 71.8 Å². The van der Waals surface area contributed by atoms with E-state index in [9.17, 15) is 4.79 Å². The van der Waals surface area contributed by atoms with Crippen LogP contribution in [0.3, 0.4) is 0 Å². The van der Waals surface area contributed by atoms with Crippen LogP contribution in [-0.2, 0) is 17.8 Å². The van der Waals surface area contributed by atoms with Gasteiger partial charge >= 0.3 is 0 Å². The number of nitrogens with zero attached hydrogens (tertiary/aromatic N) is 4.